The number of fused-ring (bicyclic) bond motifs is 1. The van der Waals surface area contributed by atoms with Crippen molar-refractivity contribution in [1.29, 1.82) is 0 Å². The number of nitrogens with one attached hydrogen (secondary N) is 2. The average Bonchev–Trinajstić information content (AvgIpc) is 3.02. The second-order valence-electron chi connectivity index (χ2n) is 7.28. The van der Waals surface area contributed by atoms with Crippen LogP contribution in [0, 0.1) is 0 Å². The Morgan fingerprint density at radius 1 is 0.909 bits per heavy atom. The SMILES string of the molecule is O=C(CCN1C(=O)c2ccc(NC(=O)c3ccc(-c4ccccc4)cc3)cc2S1(=O)=O)NO. The van der Waals surface area contributed by atoms with Crippen LogP contribution >= 0.6 is 0 Å². The number of hydroxylamine groups is 1. The molecule has 0 unspecified atom stereocenters. The third-order valence-corrected chi connectivity index (χ3v) is 7.01. The molecular weight excluding hydrogens is 446 g/mol. The first kappa shape index (κ1) is 22.2. The molecule has 0 spiro atoms. The molecule has 1 heterocycles. The van der Waals surface area contributed by atoms with Crippen LogP contribution in [0.15, 0.2) is 77.7 Å². The number of hydrogen-bond acceptors (Lipinski definition) is 6. The molecule has 0 aliphatic carbocycles. The maximum absolute atomic E-state index is 12.8. The summed E-state index contributed by atoms with van der Waals surface area (Å²) in [7, 11) is -4.19. The molecule has 10 heteroatoms. The van der Waals surface area contributed by atoms with E-state index >= 15 is 0 Å². The second kappa shape index (κ2) is 8.85. The number of amides is 3. The van der Waals surface area contributed by atoms with E-state index in [2.05, 4.69) is 5.32 Å². The molecule has 9 nitrogen and oxygen atoms in total. The van der Waals surface area contributed by atoms with Crippen LogP contribution in [0.4, 0.5) is 5.69 Å². The van der Waals surface area contributed by atoms with Gasteiger partial charge in [0.1, 0.15) is 4.90 Å². The van der Waals surface area contributed by atoms with Gasteiger partial charge in [0.05, 0.1) is 5.56 Å². The smallest absolute Gasteiger partial charge is 0.269 e. The van der Waals surface area contributed by atoms with Gasteiger partial charge in [0, 0.05) is 24.2 Å². The number of anilines is 1. The lowest BCUT2D eigenvalue weighted by atomic mass is 10.0. The van der Waals surface area contributed by atoms with Crippen molar-refractivity contribution >= 4 is 33.4 Å². The molecule has 0 saturated heterocycles. The van der Waals surface area contributed by atoms with Crippen LogP contribution in [0.1, 0.15) is 27.1 Å². The van der Waals surface area contributed by atoms with Crippen molar-refractivity contribution in [3.8, 4) is 11.1 Å². The Kier molecular flexibility index (Phi) is 5.95. The number of benzene rings is 3. The fourth-order valence-electron chi connectivity index (χ4n) is 3.48. The first-order valence-corrected chi connectivity index (χ1v) is 11.4. The summed E-state index contributed by atoms with van der Waals surface area (Å²) in [6.45, 7) is -0.419. The molecule has 33 heavy (non-hydrogen) atoms. The van der Waals surface area contributed by atoms with E-state index in [9.17, 15) is 22.8 Å². The maximum atomic E-state index is 12.8. The van der Waals surface area contributed by atoms with Gasteiger partial charge in [-0.3, -0.25) is 19.6 Å². The Morgan fingerprint density at radius 2 is 1.58 bits per heavy atom. The predicted molar refractivity (Wildman–Crippen MR) is 119 cm³/mol. The highest BCUT2D eigenvalue weighted by Crippen LogP contribution is 2.32. The highest BCUT2D eigenvalue weighted by atomic mass is 32.2. The van der Waals surface area contributed by atoms with E-state index in [0.29, 0.717) is 9.87 Å². The van der Waals surface area contributed by atoms with Crippen molar-refractivity contribution in [2.24, 2.45) is 0 Å². The summed E-state index contributed by atoms with van der Waals surface area (Å²) in [5.74, 6) is -2.03. The zero-order valence-electron chi connectivity index (χ0n) is 17.2. The molecule has 0 saturated carbocycles. The number of nitrogens with zero attached hydrogens (tertiary/aromatic N) is 1. The molecule has 0 aromatic heterocycles. The lowest BCUT2D eigenvalue weighted by molar-refractivity contribution is -0.129. The standard InChI is InChI=1S/C23H19N3O6S/c27-21(25-30)12-13-26-23(29)19-11-10-18(14-20(19)33(26,31)32)24-22(28)17-8-6-16(7-9-17)15-4-2-1-3-5-15/h1-11,14,30H,12-13H2,(H,24,28)(H,25,27). The van der Waals surface area contributed by atoms with Crippen molar-refractivity contribution in [1.82, 2.24) is 9.79 Å². The largest absolute Gasteiger partial charge is 0.322 e. The van der Waals surface area contributed by atoms with Gasteiger partial charge in [-0.2, -0.15) is 0 Å². The molecule has 0 atom stereocenters. The number of carbonyl (C=O) groups is 3. The Bertz CT molecular complexity index is 1340. The van der Waals surface area contributed by atoms with Gasteiger partial charge in [-0.05, 0) is 41.5 Å². The average molecular weight is 465 g/mol. The minimum atomic E-state index is -4.19. The maximum Gasteiger partial charge on any atom is 0.269 e. The van der Waals surface area contributed by atoms with E-state index in [4.69, 9.17) is 5.21 Å². The summed E-state index contributed by atoms with van der Waals surface area (Å²) in [5, 5.41) is 11.2. The third-order valence-electron chi connectivity index (χ3n) is 5.19. The summed E-state index contributed by atoms with van der Waals surface area (Å²) < 4.78 is 26.1. The van der Waals surface area contributed by atoms with E-state index in [-0.39, 0.29) is 16.1 Å². The molecule has 0 radical (unpaired) electrons. The number of sulfonamides is 1. The third kappa shape index (κ3) is 4.34. The quantitative estimate of drug-likeness (QED) is 0.379. The van der Waals surface area contributed by atoms with Crippen LogP contribution in [0.3, 0.4) is 0 Å². The topological polar surface area (TPSA) is 133 Å². The zero-order valence-corrected chi connectivity index (χ0v) is 18.0. The van der Waals surface area contributed by atoms with E-state index in [1.165, 1.54) is 23.7 Å². The van der Waals surface area contributed by atoms with Crippen molar-refractivity contribution in [3.63, 3.8) is 0 Å². The highest BCUT2D eigenvalue weighted by molar-refractivity contribution is 7.90. The monoisotopic (exact) mass is 465 g/mol. The number of hydrogen-bond donors (Lipinski definition) is 3. The minimum absolute atomic E-state index is 0.0513. The molecular formula is C23H19N3O6S. The number of rotatable bonds is 6. The molecule has 3 aromatic carbocycles. The van der Waals surface area contributed by atoms with Gasteiger partial charge < -0.3 is 5.32 Å². The molecule has 3 amide bonds. The summed E-state index contributed by atoms with van der Waals surface area (Å²) in [4.78, 5) is 36.1. The lowest BCUT2D eigenvalue weighted by Gasteiger charge is -2.14. The molecule has 3 aromatic rings. The summed E-state index contributed by atoms with van der Waals surface area (Å²) in [6, 6.07) is 20.6. The Morgan fingerprint density at radius 3 is 2.24 bits per heavy atom. The van der Waals surface area contributed by atoms with E-state index in [1.54, 1.807) is 12.1 Å². The molecule has 4 rings (SSSR count). The van der Waals surface area contributed by atoms with Gasteiger partial charge in [-0.25, -0.2) is 18.2 Å². The summed E-state index contributed by atoms with van der Waals surface area (Å²) in [6.07, 6.45) is -0.391. The molecule has 1 aliphatic heterocycles. The van der Waals surface area contributed by atoms with Crippen molar-refractivity contribution in [2.75, 3.05) is 11.9 Å². The summed E-state index contributed by atoms with van der Waals surface area (Å²) in [5.41, 5.74) is 3.89. The van der Waals surface area contributed by atoms with Gasteiger partial charge >= 0.3 is 0 Å². The first-order chi connectivity index (χ1) is 15.8. The Hall–Kier alpha value is -4.02. The number of carbonyl (C=O) groups excluding carboxylic acids is 3. The lowest BCUT2D eigenvalue weighted by Crippen LogP contribution is -2.34. The molecule has 0 fully saturated rings. The van der Waals surface area contributed by atoms with Gasteiger partial charge in [-0.15, -0.1) is 0 Å². The van der Waals surface area contributed by atoms with Crippen molar-refractivity contribution < 1.29 is 28.0 Å². The molecule has 3 N–H and O–H groups in total. The fraction of sp³-hybridized carbons (Fsp3) is 0.0870. The Balaban J connectivity index is 1.52. The predicted octanol–water partition coefficient (Wildman–Crippen LogP) is 2.65. The fourth-order valence-corrected chi connectivity index (χ4v) is 5.08. The van der Waals surface area contributed by atoms with E-state index < -0.39 is 40.7 Å². The van der Waals surface area contributed by atoms with Crippen LogP contribution in [-0.4, -0.2) is 42.2 Å². The zero-order chi connectivity index (χ0) is 23.6. The Labute approximate surface area is 189 Å². The molecule has 0 bridgehead atoms. The van der Waals surface area contributed by atoms with Gasteiger partial charge in [0.25, 0.3) is 21.8 Å². The first-order valence-electron chi connectivity index (χ1n) is 9.92. The normalized spacial score (nSPS) is 14.0. The van der Waals surface area contributed by atoms with Crippen molar-refractivity contribution in [2.45, 2.75) is 11.3 Å². The van der Waals surface area contributed by atoms with Crippen LogP contribution in [0.2, 0.25) is 0 Å². The van der Waals surface area contributed by atoms with Gasteiger partial charge in [-0.1, -0.05) is 42.5 Å². The molecule has 168 valence electrons. The minimum Gasteiger partial charge on any atom is -0.322 e. The van der Waals surface area contributed by atoms with Crippen LogP contribution in [0.5, 0.6) is 0 Å². The van der Waals surface area contributed by atoms with Gasteiger partial charge in [0.2, 0.25) is 5.91 Å². The molecule has 1 aliphatic rings. The van der Waals surface area contributed by atoms with Crippen molar-refractivity contribution in [3.05, 3.63) is 83.9 Å². The van der Waals surface area contributed by atoms with Gasteiger partial charge in [0.15, 0.2) is 0 Å². The summed E-state index contributed by atoms with van der Waals surface area (Å²) >= 11 is 0. The van der Waals surface area contributed by atoms with E-state index in [0.717, 1.165) is 11.1 Å². The van der Waals surface area contributed by atoms with E-state index in [1.807, 2.05) is 42.5 Å². The van der Waals surface area contributed by atoms with Crippen LogP contribution in [-0.2, 0) is 14.8 Å². The second-order valence-corrected chi connectivity index (χ2v) is 9.11. The van der Waals surface area contributed by atoms with Crippen LogP contribution in [0.25, 0.3) is 11.1 Å². The van der Waals surface area contributed by atoms with Crippen LogP contribution < -0.4 is 10.8 Å². The highest BCUT2D eigenvalue weighted by Gasteiger charge is 2.41.